The zero-order valence-corrected chi connectivity index (χ0v) is 25.4. The molecule has 0 heterocycles. The van der Waals surface area contributed by atoms with Gasteiger partial charge in [-0.25, -0.2) is 8.42 Å². The minimum atomic E-state index is -4.12. The summed E-state index contributed by atoms with van der Waals surface area (Å²) in [6, 6.07) is 22.0. The molecule has 2 amide bonds. The molecule has 1 N–H and O–H groups in total. The molecule has 1 atom stereocenters. The smallest absolute Gasteiger partial charge is 0.264 e. The van der Waals surface area contributed by atoms with Gasteiger partial charge in [0.25, 0.3) is 10.0 Å². The molecule has 1 unspecified atom stereocenters. The number of carbonyl (C=O) groups is 2. The molecule has 8 nitrogen and oxygen atoms in total. The van der Waals surface area contributed by atoms with Crippen LogP contribution in [-0.4, -0.2) is 57.9 Å². The summed E-state index contributed by atoms with van der Waals surface area (Å²) in [6.07, 6.45) is 0.908. The lowest BCUT2D eigenvalue weighted by Gasteiger charge is -2.33. The van der Waals surface area contributed by atoms with Crippen molar-refractivity contribution in [2.75, 3.05) is 31.0 Å². The number of aryl methyl sites for hydroxylation is 1. The summed E-state index contributed by atoms with van der Waals surface area (Å²) in [4.78, 5) is 28.9. The lowest BCUT2D eigenvalue weighted by molar-refractivity contribution is -0.139. The van der Waals surface area contributed by atoms with E-state index in [9.17, 15) is 18.0 Å². The minimum Gasteiger partial charge on any atom is -0.497 e. The number of sulfonamides is 1. The average Bonchev–Trinajstić information content (AvgIpc) is 2.97. The van der Waals surface area contributed by atoms with Crippen molar-refractivity contribution in [3.05, 3.63) is 90.0 Å². The molecule has 41 heavy (non-hydrogen) atoms. The molecule has 0 fully saturated rings. The molecule has 0 aliphatic rings. The molecule has 0 radical (unpaired) electrons. The predicted molar refractivity (Wildman–Crippen MR) is 162 cm³/mol. The maximum Gasteiger partial charge on any atom is 0.264 e. The molecule has 0 saturated carbocycles. The van der Waals surface area contributed by atoms with Gasteiger partial charge in [-0.1, -0.05) is 68.8 Å². The number of nitrogens with one attached hydrogen (secondary N) is 1. The minimum absolute atomic E-state index is 0.0734. The van der Waals surface area contributed by atoms with Crippen LogP contribution in [0.15, 0.2) is 83.8 Å². The van der Waals surface area contributed by atoms with Crippen LogP contribution in [0.5, 0.6) is 5.75 Å². The van der Waals surface area contributed by atoms with E-state index in [0.29, 0.717) is 30.8 Å². The quantitative estimate of drug-likeness (QED) is 0.295. The number of carbonyl (C=O) groups excluding carboxylic acids is 2. The third-order valence-corrected chi connectivity index (χ3v) is 8.59. The van der Waals surface area contributed by atoms with Crippen molar-refractivity contribution in [2.24, 2.45) is 5.92 Å². The van der Waals surface area contributed by atoms with Crippen LogP contribution in [0.3, 0.4) is 0 Å². The summed E-state index contributed by atoms with van der Waals surface area (Å²) >= 11 is 0. The van der Waals surface area contributed by atoms with Crippen molar-refractivity contribution in [3.8, 4) is 5.75 Å². The molecule has 0 aliphatic carbocycles. The first-order valence-electron chi connectivity index (χ1n) is 13.9. The molecule has 9 heteroatoms. The van der Waals surface area contributed by atoms with Crippen LogP contribution in [0.25, 0.3) is 0 Å². The van der Waals surface area contributed by atoms with Gasteiger partial charge in [0, 0.05) is 13.1 Å². The van der Waals surface area contributed by atoms with E-state index >= 15 is 0 Å². The van der Waals surface area contributed by atoms with E-state index in [0.717, 1.165) is 15.4 Å². The summed E-state index contributed by atoms with van der Waals surface area (Å²) in [5.74, 6) is 0.0965. The molecule has 0 bridgehead atoms. The molecule has 220 valence electrons. The van der Waals surface area contributed by atoms with Gasteiger partial charge in [-0.2, -0.15) is 0 Å². The van der Waals surface area contributed by atoms with E-state index in [-0.39, 0.29) is 23.3 Å². The Hall–Kier alpha value is -3.85. The fourth-order valence-electron chi connectivity index (χ4n) is 4.43. The van der Waals surface area contributed by atoms with Crippen molar-refractivity contribution in [1.82, 2.24) is 10.2 Å². The van der Waals surface area contributed by atoms with Gasteiger partial charge in [0.15, 0.2) is 0 Å². The van der Waals surface area contributed by atoms with E-state index in [1.165, 1.54) is 24.1 Å². The van der Waals surface area contributed by atoms with Crippen LogP contribution in [0.2, 0.25) is 0 Å². The summed E-state index contributed by atoms with van der Waals surface area (Å²) in [6.45, 7) is 8.01. The van der Waals surface area contributed by atoms with Gasteiger partial charge in [0.2, 0.25) is 11.8 Å². The van der Waals surface area contributed by atoms with E-state index in [1.807, 2.05) is 58.0 Å². The second-order valence-corrected chi connectivity index (χ2v) is 12.3. The zero-order chi connectivity index (χ0) is 30.0. The molecule has 3 rings (SSSR count). The Balaban J connectivity index is 2.00. The second kappa shape index (κ2) is 14.7. The van der Waals surface area contributed by atoms with Gasteiger partial charge in [0.05, 0.1) is 17.7 Å². The first-order valence-corrected chi connectivity index (χ1v) is 15.3. The number of methoxy groups -OCH3 is 1. The Bertz CT molecular complexity index is 1380. The molecular formula is C32H41N3O5S. The second-order valence-electron chi connectivity index (χ2n) is 10.4. The Morgan fingerprint density at radius 1 is 0.927 bits per heavy atom. The van der Waals surface area contributed by atoms with E-state index in [1.54, 1.807) is 36.4 Å². The number of benzene rings is 3. The monoisotopic (exact) mass is 579 g/mol. The van der Waals surface area contributed by atoms with E-state index < -0.39 is 28.5 Å². The standard InChI is InChI=1S/C32H41N3O5S/c1-6-30(32(37)33-22-24(2)3)34(21-20-26-10-8-7-9-11-26)31(36)23-35(27-14-16-28(40-5)17-15-27)41(38,39)29-18-12-25(4)13-19-29/h7-19,24,30H,6,20-23H2,1-5H3,(H,33,37). The summed E-state index contributed by atoms with van der Waals surface area (Å²) in [7, 11) is -2.59. The highest BCUT2D eigenvalue weighted by Gasteiger charge is 2.33. The highest BCUT2D eigenvalue weighted by atomic mass is 32.2. The number of ether oxygens (including phenoxy) is 1. The van der Waals surface area contributed by atoms with Gasteiger partial charge < -0.3 is 15.0 Å². The Labute approximate surface area is 244 Å². The number of anilines is 1. The average molecular weight is 580 g/mol. The van der Waals surface area contributed by atoms with Crippen molar-refractivity contribution in [2.45, 2.75) is 51.5 Å². The highest BCUT2D eigenvalue weighted by Crippen LogP contribution is 2.26. The van der Waals surface area contributed by atoms with Crippen LogP contribution in [0.1, 0.15) is 38.3 Å². The summed E-state index contributed by atoms with van der Waals surface area (Å²) in [5.41, 5.74) is 2.25. The normalized spacial score (nSPS) is 12.0. The van der Waals surface area contributed by atoms with E-state index in [2.05, 4.69) is 5.32 Å². The lowest BCUT2D eigenvalue weighted by Crippen LogP contribution is -2.53. The van der Waals surface area contributed by atoms with Crippen LogP contribution in [0, 0.1) is 12.8 Å². The first kappa shape index (κ1) is 31.7. The highest BCUT2D eigenvalue weighted by molar-refractivity contribution is 7.92. The molecule has 0 spiro atoms. The zero-order valence-electron chi connectivity index (χ0n) is 24.5. The Kier molecular flexibility index (Phi) is 11.3. The number of rotatable bonds is 14. The number of hydrogen-bond donors (Lipinski definition) is 1. The van der Waals surface area contributed by atoms with Gasteiger partial charge in [-0.3, -0.25) is 13.9 Å². The fraction of sp³-hybridized carbons (Fsp3) is 0.375. The van der Waals surface area contributed by atoms with Gasteiger partial charge >= 0.3 is 0 Å². The summed E-state index contributed by atoms with van der Waals surface area (Å²) in [5, 5.41) is 2.95. The first-order chi connectivity index (χ1) is 19.6. The van der Waals surface area contributed by atoms with Crippen molar-refractivity contribution in [3.63, 3.8) is 0 Å². The predicted octanol–water partition coefficient (Wildman–Crippen LogP) is 4.82. The van der Waals surface area contributed by atoms with Gasteiger partial charge in [0.1, 0.15) is 18.3 Å². The maximum atomic E-state index is 14.1. The Morgan fingerprint density at radius 3 is 2.12 bits per heavy atom. The molecule has 0 saturated heterocycles. The molecule has 0 aromatic heterocycles. The number of nitrogens with zero attached hydrogens (tertiary/aromatic N) is 2. The molecule has 3 aromatic rings. The maximum absolute atomic E-state index is 14.1. The van der Waals surface area contributed by atoms with Crippen LogP contribution in [-0.2, 0) is 26.0 Å². The number of hydrogen-bond acceptors (Lipinski definition) is 5. The molecule has 0 aliphatic heterocycles. The molecule has 3 aromatic carbocycles. The third kappa shape index (κ3) is 8.57. The summed E-state index contributed by atoms with van der Waals surface area (Å²) < 4.78 is 34.2. The number of amides is 2. The van der Waals surface area contributed by atoms with Crippen LogP contribution >= 0.6 is 0 Å². The largest absolute Gasteiger partial charge is 0.497 e. The molecular weight excluding hydrogens is 538 g/mol. The van der Waals surface area contributed by atoms with E-state index in [4.69, 9.17) is 4.74 Å². The topological polar surface area (TPSA) is 96.0 Å². The van der Waals surface area contributed by atoms with Crippen molar-refractivity contribution in [1.29, 1.82) is 0 Å². The van der Waals surface area contributed by atoms with Crippen LogP contribution in [0.4, 0.5) is 5.69 Å². The lowest BCUT2D eigenvalue weighted by atomic mass is 10.1. The van der Waals surface area contributed by atoms with Crippen molar-refractivity contribution >= 4 is 27.5 Å². The van der Waals surface area contributed by atoms with Gasteiger partial charge in [-0.05, 0) is 67.6 Å². The van der Waals surface area contributed by atoms with Crippen LogP contribution < -0.4 is 14.4 Å². The SMILES string of the molecule is CCC(C(=O)NCC(C)C)N(CCc1ccccc1)C(=O)CN(c1ccc(OC)cc1)S(=O)(=O)c1ccc(C)cc1. The Morgan fingerprint density at radius 2 is 1.56 bits per heavy atom. The van der Waals surface area contributed by atoms with Gasteiger partial charge in [-0.15, -0.1) is 0 Å². The van der Waals surface area contributed by atoms with Crippen molar-refractivity contribution < 1.29 is 22.7 Å². The third-order valence-electron chi connectivity index (χ3n) is 6.80. The fourth-order valence-corrected chi connectivity index (χ4v) is 5.85.